The van der Waals surface area contributed by atoms with Gasteiger partial charge in [-0.05, 0) is 53.2 Å². The number of alkyl halides is 2. The zero-order chi connectivity index (χ0) is 26.3. The lowest BCUT2D eigenvalue weighted by Crippen LogP contribution is -2.55. The summed E-state index contributed by atoms with van der Waals surface area (Å²) in [4.78, 5) is 45.0. The van der Waals surface area contributed by atoms with Crippen LogP contribution >= 0.6 is 0 Å². The lowest BCUT2D eigenvalue weighted by Gasteiger charge is -2.38. The van der Waals surface area contributed by atoms with Gasteiger partial charge in [-0.3, -0.25) is 9.88 Å². The summed E-state index contributed by atoms with van der Waals surface area (Å²) in [6, 6.07) is 1.50. The van der Waals surface area contributed by atoms with E-state index in [2.05, 4.69) is 4.98 Å². The number of ether oxygens (including phenoxy) is 3. The van der Waals surface area contributed by atoms with E-state index < -0.39 is 41.2 Å². The Bertz CT molecular complexity index is 1110. The minimum absolute atomic E-state index is 0.0154. The SMILES string of the molecule is COC(=O)c1c(N(C(=O)OC(C)(C)C)C(=O)OC(C)(C)C)oc2cc(CN3CC(F)(F)C3)cnc12. The van der Waals surface area contributed by atoms with Gasteiger partial charge in [-0.2, -0.15) is 0 Å². The van der Waals surface area contributed by atoms with Crippen LogP contribution in [0.25, 0.3) is 11.1 Å². The fourth-order valence-corrected chi connectivity index (χ4v) is 3.37. The highest BCUT2D eigenvalue weighted by molar-refractivity contribution is 6.16. The van der Waals surface area contributed by atoms with Crippen molar-refractivity contribution in [2.45, 2.75) is 65.2 Å². The molecular formula is C23H29F2N3O7. The maximum absolute atomic E-state index is 13.2. The van der Waals surface area contributed by atoms with Crippen LogP contribution in [0, 0.1) is 0 Å². The molecule has 35 heavy (non-hydrogen) atoms. The summed E-state index contributed by atoms with van der Waals surface area (Å²) in [5, 5.41) is 0. The normalized spacial score (nSPS) is 15.9. The van der Waals surface area contributed by atoms with E-state index in [1.165, 1.54) is 17.2 Å². The second-order valence-corrected chi connectivity index (χ2v) is 10.3. The number of anilines is 1. The first-order chi connectivity index (χ1) is 16.0. The van der Waals surface area contributed by atoms with E-state index in [0.29, 0.717) is 10.5 Å². The number of hydrogen-bond donors (Lipinski definition) is 0. The topological polar surface area (TPSA) is 111 Å². The first kappa shape index (κ1) is 26.3. The van der Waals surface area contributed by atoms with Gasteiger partial charge in [-0.15, -0.1) is 4.90 Å². The number of carbonyl (C=O) groups is 3. The molecule has 10 nitrogen and oxygen atoms in total. The van der Waals surface area contributed by atoms with Gasteiger partial charge in [0.1, 0.15) is 16.7 Å². The van der Waals surface area contributed by atoms with Crippen LogP contribution in [0.5, 0.6) is 0 Å². The van der Waals surface area contributed by atoms with Crippen LogP contribution in [-0.2, 0) is 20.8 Å². The number of aromatic nitrogens is 1. The molecule has 0 aromatic carbocycles. The third-order valence-electron chi connectivity index (χ3n) is 4.63. The van der Waals surface area contributed by atoms with Gasteiger partial charge in [0.2, 0.25) is 5.88 Å². The van der Waals surface area contributed by atoms with E-state index in [9.17, 15) is 23.2 Å². The van der Waals surface area contributed by atoms with Crippen LogP contribution in [0.15, 0.2) is 16.7 Å². The largest absolute Gasteiger partial charge is 0.465 e. The van der Waals surface area contributed by atoms with Gasteiger partial charge >= 0.3 is 18.2 Å². The number of pyridine rings is 1. The number of methoxy groups -OCH3 is 1. The van der Waals surface area contributed by atoms with Crippen LogP contribution in [0.3, 0.4) is 0 Å². The fourth-order valence-electron chi connectivity index (χ4n) is 3.37. The summed E-state index contributed by atoms with van der Waals surface area (Å²) in [5.41, 5.74) is -1.67. The van der Waals surface area contributed by atoms with Crippen molar-refractivity contribution in [1.29, 1.82) is 0 Å². The Balaban J connectivity index is 2.09. The minimum Gasteiger partial charge on any atom is -0.465 e. The Labute approximate surface area is 201 Å². The number of hydrogen-bond acceptors (Lipinski definition) is 9. The highest BCUT2D eigenvalue weighted by Crippen LogP contribution is 2.35. The smallest absolute Gasteiger partial charge is 0.427 e. The van der Waals surface area contributed by atoms with Crippen LogP contribution in [-0.4, -0.2) is 65.4 Å². The number of amides is 2. The highest BCUT2D eigenvalue weighted by atomic mass is 19.3. The number of rotatable bonds is 4. The lowest BCUT2D eigenvalue weighted by atomic mass is 10.1. The van der Waals surface area contributed by atoms with Crippen molar-refractivity contribution in [1.82, 2.24) is 9.88 Å². The fraction of sp³-hybridized carbons (Fsp3) is 0.565. The molecule has 0 atom stereocenters. The van der Waals surface area contributed by atoms with Crippen LogP contribution < -0.4 is 4.90 Å². The molecule has 2 amide bonds. The van der Waals surface area contributed by atoms with Gasteiger partial charge in [-0.25, -0.2) is 23.2 Å². The Kier molecular flexibility index (Phi) is 6.82. The Morgan fingerprint density at radius 1 is 1.09 bits per heavy atom. The van der Waals surface area contributed by atoms with Gasteiger partial charge in [0, 0.05) is 12.7 Å². The number of likely N-dealkylation sites (tertiary alicyclic amines) is 1. The second kappa shape index (κ2) is 9.06. The highest BCUT2D eigenvalue weighted by Gasteiger charge is 2.44. The number of carbonyl (C=O) groups excluding carboxylic acids is 3. The summed E-state index contributed by atoms with van der Waals surface area (Å²) in [6.07, 6.45) is -0.881. The quantitative estimate of drug-likeness (QED) is 0.437. The van der Waals surface area contributed by atoms with Gasteiger partial charge < -0.3 is 18.6 Å². The van der Waals surface area contributed by atoms with E-state index in [-0.39, 0.29) is 36.3 Å². The third-order valence-corrected chi connectivity index (χ3v) is 4.63. The number of nitrogens with zero attached hydrogens (tertiary/aromatic N) is 3. The first-order valence-electron chi connectivity index (χ1n) is 10.9. The Morgan fingerprint density at radius 3 is 2.09 bits per heavy atom. The molecule has 0 bridgehead atoms. The molecule has 1 saturated heterocycles. The summed E-state index contributed by atoms with van der Waals surface area (Å²) >= 11 is 0. The second-order valence-electron chi connectivity index (χ2n) is 10.3. The molecule has 192 valence electrons. The number of imide groups is 1. The van der Waals surface area contributed by atoms with E-state index in [1.54, 1.807) is 41.5 Å². The maximum Gasteiger partial charge on any atom is 0.427 e. The average molecular weight is 497 g/mol. The molecular weight excluding hydrogens is 468 g/mol. The molecule has 0 radical (unpaired) electrons. The van der Waals surface area contributed by atoms with Crippen molar-refractivity contribution >= 4 is 35.1 Å². The summed E-state index contributed by atoms with van der Waals surface area (Å²) in [5.74, 6) is -4.14. The van der Waals surface area contributed by atoms with E-state index >= 15 is 0 Å². The zero-order valence-electron chi connectivity index (χ0n) is 20.7. The van der Waals surface area contributed by atoms with E-state index in [0.717, 1.165) is 7.11 Å². The molecule has 0 unspecified atom stereocenters. The molecule has 12 heteroatoms. The molecule has 2 aromatic heterocycles. The molecule has 0 saturated carbocycles. The number of halogens is 2. The van der Waals surface area contributed by atoms with Crippen molar-refractivity contribution in [3.8, 4) is 0 Å². The molecule has 2 aromatic rings. The number of fused-ring (bicyclic) bond motifs is 1. The van der Waals surface area contributed by atoms with Crippen molar-refractivity contribution in [3.05, 3.63) is 23.4 Å². The van der Waals surface area contributed by atoms with Gasteiger partial charge in [0.05, 0.1) is 20.2 Å². The monoisotopic (exact) mass is 497 g/mol. The predicted octanol–water partition coefficient (Wildman–Crippen LogP) is 4.74. The number of esters is 1. The molecule has 0 spiro atoms. The molecule has 0 aliphatic carbocycles. The number of furan rings is 1. The molecule has 1 fully saturated rings. The maximum atomic E-state index is 13.2. The van der Waals surface area contributed by atoms with Crippen LogP contribution in [0.2, 0.25) is 0 Å². The van der Waals surface area contributed by atoms with Crippen molar-refractivity contribution in [2.75, 3.05) is 25.1 Å². The summed E-state index contributed by atoms with van der Waals surface area (Å²) < 4.78 is 47.7. The minimum atomic E-state index is -2.73. The van der Waals surface area contributed by atoms with Crippen LogP contribution in [0.4, 0.5) is 24.3 Å². The average Bonchev–Trinajstić information content (AvgIpc) is 3.01. The summed E-state index contributed by atoms with van der Waals surface area (Å²) in [7, 11) is 1.12. The van der Waals surface area contributed by atoms with Gasteiger partial charge in [-0.1, -0.05) is 0 Å². The predicted molar refractivity (Wildman–Crippen MR) is 121 cm³/mol. The zero-order valence-corrected chi connectivity index (χ0v) is 20.7. The van der Waals surface area contributed by atoms with Gasteiger partial charge in [0.25, 0.3) is 5.92 Å². The van der Waals surface area contributed by atoms with E-state index in [1.807, 2.05) is 0 Å². The standard InChI is InChI=1S/C23H29F2N3O7/c1-21(2,3)34-19(30)28(20(31)35-22(4,5)6)17-15(18(29)32-7)16-14(33-17)8-13(9-26-16)10-27-11-23(24,25)12-27/h8-9H,10-12H2,1-7H3. The van der Waals surface area contributed by atoms with Gasteiger partial charge in [0.15, 0.2) is 11.1 Å². The Hall–Kier alpha value is -3.28. The third kappa shape index (κ3) is 6.24. The molecule has 1 aliphatic heterocycles. The summed E-state index contributed by atoms with van der Waals surface area (Å²) in [6.45, 7) is 9.02. The van der Waals surface area contributed by atoms with Crippen molar-refractivity contribution < 1.29 is 41.8 Å². The molecule has 3 rings (SSSR count). The first-order valence-corrected chi connectivity index (χ1v) is 10.9. The lowest BCUT2D eigenvalue weighted by molar-refractivity contribution is -0.133. The van der Waals surface area contributed by atoms with Crippen molar-refractivity contribution in [3.63, 3.8) is 0 Å². The Morgan fingerprint density at radius 2 is 1.63 bits per heavy atom. The molecule has 3 heterocycles. The molecule has 1 aliphatic rings. The van der Waals surface area contributed by atoms with E-state index in [4.69, 9.17) is 18.6 Å². The molecule has 0 N–H and O–H groups in total. The van der Waals surface area contributed by atoms with Crippen molar-refractivity contribution in [2.24, 2.45) is 0 Å². The van der Waals surface area contributed by atoms with Crippen LogP contribution in [0.1, 0.15) is 57.5 Å².